The molecule has 2 rings (SSSR count). The molecule has 0 saturated heterocycles. The molecule has 2 aromatic rings. The van der Waals surface area contributed by atoms with Crippen LogP contribution in [0.5, 0.6) is 0 Å². The van der Waals surface area contributed by atoms with E-state index in [4.69, 9.17) is 5.11 Å². The van der Waals surface area contributed by atoms with Gasteiger partial charge in [0.2, 0.25) is 0 Å². The van der Waals surface area contributed by atoms with E-state index in [2.05, 4.69) is 10.2 Å². The van der Waals surface area contributed by atoms with Crippen LogP contribution in [-0.2, 0) is 4.79 Å². The predicted molar refractivity (Wildman–Crippen MR) is 58.0 cm³/mol. The Balaban J connectivity index is 2.20. The van der Waals surface area contributed by atoms with Gasteiger partial charge in [0.1, 0.15) is 12.7 Å². The lowest BCUT2D eigenvalue weighted by atomic mass is 10.2. The Labute approximate surface area is 91.7 Å². The Kier molecular flexibility index (Phi) is 2.77. The number of aromatic nitrogens is 3. The van der Waals surface area contributed by atoms with Gasteiger partial charge in [-0.05, 0) is 23.8 Å². The summed E-state index contributed by atoms with van der Waals surface area (Å²) in [5.41, 5.74) is 1.76. The molecule has 0 radical (unpaired) electrons. The van der Waals surface area contributed by atoms with Crippen LogP contribution in [0.15, 0.2) is 43.0 Å². The normalized spacial score (nSPS) is 10.8. The fourth-order valence-corrected chi connectivity index (χ4v) is 1.26. The van der Waals surface area contributed by atoms with Crippen LogP contribution in [0.1, 0.15) is 5.56 Å². The average Bonchev–Trinajstić information content (AvgIpc) is 2.80. The summed E-state index contributed by atoms with van der Waals surface area (Å²) >= 11 is 0. The van der Waals surface area contributed by atoms with Crippen molar-refractivity contribution in [1.29, 1.82) is 0 Å². The molecule has 5 nitrogen and oxygen atoms in total. The third-order valence-electron chi connectivity index (χ3n) is 2.03. The first-order valence-electron chi connectivity index (χ1n) is 4.62. The molecule has 0 atom stereocenters. The van der Waals surface area contributed by atoms with Gasteiger partial charge in [-0.2, -0.15) is 0 Å². The van der Waals surface area contributed by atoms with Crippen molar-refractivity contribution >= 4 is 12.0 Å². The van der Waals surface area contributed by atoms with Gasteiger partial charge in [0.15, 0.2) is 0 Å². The van der Waals surface area contributed by atoms with Crippen LogP contribution in [0.4, 0.5) is 0 Å². The first-order chi connectivity index (χ1) is 7.75. The highest BCUT2D eigenvalue weighted by molar-refractivity contribution is 5.85. The smallest absolute Gasteiger partial charge is 0.328 e. The molecule has 0 unspecified atom stereocenters. The van der Waals surface area contributed by atoms with Gasteiger partial charge < -0.3 is 5.11 Å². The Morgan fingerprint density at radius 1 is 1.19 bits per heavy atom. The quantitative estimate of drug-likeness (QED) is 0.785. The zero-order valence-electron chi connectivity index (χ0n) is 8.32. The second kappa shape index (κ2) is 4.39. The van der Waals surface area contributed by atoms with Crippen LogP contribution in [-0.4, -0.2) is 25.8 Å². The maximum atomic E-state index is 10.3. The lowest BCUT2D eigenvalue weighted by Crippen LogP contribution is -1.89. The molecule has 0 fully saturated rings. The van der Waals surface area contributed by atoms with Crippen molar-refractivity contribution in [1.82, 2.24) is 14.8 Å². The Hall–Kier alpha value is -2.43. The summed E-state index contributed by atoms with van der Waals surface area (Å²) in [6.45, 7) is 0. The lowest BCUT2D eigenvalue weighted by Gasteiger charge is -2.00. The van der Waals surface area contributed by atoms with Crippen molar-refractivity contribution in [2.45, 2.75) is 0 Å². The first-order valence-corrected chi connectivity index (χ1v) is 4.62. The molecular formula is C11H9N3O2. The van der Waals surface area contributed by atoms with Gasteiger partial charge in [-0.3, -0.25) is 4.57 Å². The number of carboxylic acids is 1. The van der Waals surface area contributed by atoms with Crippen molar-refractivity contribution < 1.29 is 9.90 Å². The third kappa shape index (κ3) is 2.33. The molecule has 16 heavy (non-hydrogen) atoms. The van der Waals surface area contributed by atoms with E-state index in [9.17, 15) is 4.79 Å². The number of carbonyl (C=O) groups is 1. The van der Waals surface area contributed by atoms with Crippen LogP contribution in [0.25, 0.3) is 11.8 Å². The molecule has 0 spiro atoms. The molecule has 80 valence electrons. The number of rotatable bonds is 3. The molecule has 0 bridgehead atoms. The second-order valence-electron chi connectivity index (χ2n) is 3.13. The highest BCUT2D eigenvalue weighted by Gasteiger charge is 1.95. The van der Waals surface area contributed by atoms with E-state index in [0.29, 0.717) is 0 Å². The summed E-state index contributed by atoms with van der Waals surface area (Å²) in [5.74, 6) is -0.956. The van der Waals surface area contributed by atoms with E-state index in [1.807, 2.05) is 24.3 Å². The molecule has 5 heteroatoms. The van der Waals surface area contributed by atoms with E-state index >= 15 is 0 Å². The monoisotopic (exact) mass is 215 g/mol. The SMILES string of the molecule is O=C(O)/C=C/c1ccc(-n2cnnc2)cc1. The highest BCUT2D eigenvalue weighted by Crippen LogP contribution is 2.09. The zero-order chi connectivity index (χ0) is 11.4. The van der Waals surface area contributed by atoms with Crippen LogP contribution in [0.3, 0.4) is 0 Å². The summed E-state index contributed by atoms with van der Waals surface area (Å²) in [6.07, 6.45) is 5.84. The number of carboxylic acid groups (broad SMARTS) is 1. The summed E-state index contributed by atoms with van der Waals surface area (Å²) in [4.78, 5) is 10.3. The fourth-order valence-electron chi connectivity index (χ4n) is 1.26. The van der Waals surface area contributed by atoms with Crippen molar-refractivity contribution in [3.63, 3.8) is 0 Å². The Morgan fingerprint density at radius 2 is 1.81 bits per heavy atom. The summed E-state index contributed by atoms with van der Waals surface area (Å²) in [6, 6.07) is 7.39. The number of hydrogen-bond donors (Lipinski definition) is 1. The molecule has 0 aliphatic carbocycles. The molecule has 1 aromatic heterocycles. The number of aliphatic carboxylic acids is 1. The standard InChI is InChI=1S/C11H9N3O2/c15-11(16)6-3-9-1-4-10(5-2-9)14-7-12-13-8-14/h1-8H,(H,15,16)/b6-3+. The maximum Gasteiger partial charge on any atom is 0.328 e. The minimum Gasteiger partial charge on any atom is -0.478 e. The van der Waals surface area contributed by atoms with Gasteiger partial charge in [0.05, 0.1) is 0 Å². The number of benzene rings is 1. The average molecular weight is 215 g/mol. The van der Waals surface area contributed by atoms with E-state index in [1.165, 1.54) is 6.08 Å². The third-order valence-corrected chi connectivity index (χ3v) is 2.03. The summed E-state index contributed by atoms with van der Waals surface area (Å²) in [7, 11) is 0. The van der Waals surface area contributed by atoms with Crippen molar-refractivity contribution in [3.05, 3.63) is 48.6 Å². The van der Waals surface area contributed by atoms with Crippen molar-refractivity contribution in [3.8, 4) is 5.69 Å². The summed E-state index contributed by atoms with van der Waals surface area (Å²) in [5, 5.41) is 15.9. The van der Waals surface area contributed by atoms with E-state index in [1.54, 1.807) is 17.2 Å². The highest BCUT2D eigenvalue weighted by atomic mass is 16.4. The van der Waals surface area contributed by atoms with Gasteiger partial charge in [-0.1, -0.05) is 12.1 Å². The minimum absolute atomic E-state index is 0.833. The predicted octanol–water partition coefficient (Wildman–Crippen LogP) is 1.37. The van der Waals surface area contributed by atoms with E-state index < -0.39 is 5.97 Å². The van der Waals surface area contributed by atoms with Crippen LogP contribution in [0, 0.1) is 0 Å². The van der Waals surface area contributed by atoms with Crippen molar-refractivity contribution in [2.75, 3.05) is 0 Å². The molecular weight excluding hydrogens is 206 g/mol. The topological polar surface area (TPSA) is 68.0 Å². The molecule has 1 aromatic carbocycles. The van der Waals surface area contributed by atoms with Gasteiger partial charge in [-0.15, -0.1) is 10.2 Å². The van der Waals surface area contributed by atoms with Crippen LogP contribution < -0.4 is 0 Å². The number of hydrogen-bond acceptors (Lipinski definition) is 3. The van der Waals surface area contributed by atoms with Gasteiger partial charge in [-0.25, -0.2) is 4.79 Å². The van der Waals surface area contributed by atoms with E-state index in [-0.39, 0.29) is 0 Å². The van der Waals surface area contributed by atoms with E-state index in [0.717, 1.165) is 17.3 Å². The molecule has 0 aliphatic heterocycles. The number of nitrogens with zero attached hydrogens (tertiary/aromatic N) is 3. The molecule has 1 heterocycles. The maximum absolute atomic E-state index is 10.3. The first kappa shape index (κ1) is 10.1. The van der Waals surface area contributed by atoms with Crippen LogP contribution >= 0.6 is 0 Å². The minimum atomic E-state index is -0.956. The van der Waals surface area contributed by atoms with Crippen LogP contribution in [0.2, 0.25) is 0 Å². The molecule has 0 aliphatic rings. The Bertz CT molecular complexity index is 501. The summed E-state index contributed by atoms with van der Waals surface area (Å²) < 4.78 is 1.77. The largest absolute Gasteiger partial charge is 0.478 e. The molecule has 0 amide bonds. The van der Waals surface area contributed by atoms with Crippen molar-refractivity contribution in [2.24, 2.45) is 0 Å². The lowest BCUT2D eigenvalue weighted by molar-refractivity contribution is -0.131. The van der Waals surface area contributed by atoms with Gasteiger partial charge >= 0.3 is 5.97 Å². The molecule has 0 saturated carbocycles. The van der Waals surface area contributed by atoms with Gasteiger partial charge in [0, 0.05) is 11.8 Å². The van der Waals surface area contributed by atoms with Gasteiger partial charge in [0.25, 0.3) is 0 Å². The second-order valence-corrected chi connectivity index (χ2v) is 3.13. The fraction of sp³-hybridized carbons (Fsp3) is 0. The zero-order valence-corrected chi connectivity index (χ0v) is 8.32. The Morgan fingerprint density at radius 3 is 2.38 bits per heavy atom. The molecule has 1 N–H and O–H groups in total.